The van der Waals surface area contributed by atoms with Crippen LogP contribution in [0.1, 0.15) is 46.3 Å². The fourth-order valence-electron chi connectivity index (χ4n) is 4.25. The van der Waals surface area contributed by atoms with Crippen LogP contribution in [0.3, 0.4) is 0 Å². The number of hydrogen-bond donors (Lipinski definition) is 0. The topological polar surface area (TPSA) is 38.1 Å². The van der Waals surface area contributed by atoms with Crippen LogP contribution in [-0.2, 0) is 30.5 Å². The largest absolute Gasteiger partial charge is 0.435 e. The molecule has 4 nitrogen and oxygen atoms in total. The minimum absolute atomic E-state index is 0.0645. The summed E-state index contributed by atoms with van der Waals surface area (Å²) in [6.07, 6.45) is -0.954. The lowest BCUT2D eigenvalue weighted by Gasteiger charge is -2.33. The summed E-state index contributed by atoms with van der Waals surface area (Å²) in [5.74, 6) is -0.416. The normalized spacial score (nSPS) is 16.2. The number of aryl methyl sites for hydroxylation is 2. The Kier molecular flexibility index (Phi) is 5.99. The summed E-state index contributed by atoms with van der Waals surface area (Å²) >= 11 is 1.66. The first kappa shape index (κ1) is 22.3. The maximum Gasteiger partial charge on any atom is 0.435 e. The van der Waals surface area contributed by atoms with E-state index in [1.54, 1.807) is 35.3 Å². The Morgan fingerprint density at radius 3 is 2.66 bits per heavy atom. The number of rotatable bonds is 5. The van der Waals surface area contributed by atoms with E-state index in [0.29, 0.717) is 25.2 Å². The summed E-state index contributed by atoms with van der Waals surface area (Å²) in [5, 5.41) is 3.80. The van der Waals surface area contributed by atoms with Crippen LogP contribution in [0.4, 0.5) is 13.2 Å². The summed E-state index contributed by atoms with van der Waals surface area (Å²) in [4.78, 5) is 16.4. The zero-order chi connectivity index (χ0) is 23.0. The number of thiophene rings is 1. The fourth-order valence-corrected chi connectivity index (χ4v) is 5.43. The molecular weight excluding hydrogens is 435 g/mol. The minimum Gasteiger partial charge on any atom is -0.333 e. The number of amides is 1. The third-order valence-electron chi connectivity index (χ3n) is 5.82. The van der Waals surface area contributed by atoms with Crippen molar-refractivity contribution in [1.29, 1.82) is 0 Å². The van der Waals surface area contributed by atoms with Crippen LogP contribution in [0.2, 0.25) is 0 Å². The lowest BCUT2D eigenvalue weighted by molar-refractivity contribution is -0.141. The van der Waals surface area contributed by atoms with Crippen molar-refractivity contribution >= 4 is 17.2 Å². The van der Waals surface area contributed by atoms with Gasteiger partial charge in [0, 0.05) is 40.5 Å². The van der Waals surface area contributed by atoms with Crippen molar-refractivity contribution in [2.45, 2.75) is 45.5 Å². The summed E-state index contributed by atoms with van der Waals surface area (Å²) in [7, 11) is 0. The molecule has 0 saturated carbocycles. The zero-order valence-corrected chi connectivity index (χ0v) is 18.8. The van der Waals surface area contributed by atoms with Crippen molar-refractivity contribution < 1.29 is 18.0 Å². The van der Waals surface area contributed by atoms with E-state index in [9.17, 15) is 18.0 Å². The second-order valence-corrected chi connectivity index (χ2v) is 8.97. The van der Waals surface area contributed by atoms with E-state index < -0.39 is 11.9 Å². The Labute approximate surface area is 189 Å². The quantitative estimate of drug-likeness (QED) is 0.448. The van der Waals surface area contributed by atoms with Crippen LogP contribution < -0.4 is 0 Å². The highest BCUT2D eigenvalue weighted by Gasteiger charge is 2.39. The molecule has 1 amide bonds. The molecule has 8 heteroatoms. The molecule has 1 unspecified atom stereocenters. The standard InChI is InChI=1S/C24H24F3N3OS/c1-4-15-11-18-19(12-29(22(31)5-2)14-21(18)32-15)16-9-7-8-10-17(16)20-13-30(6-3)28-23(20)24(25,26)27/h5,7-11,13,19H,2,4,6,12,14H2,1,3H3. The lowest BCUT2D eigenvalue weighted by atomic mass is 9.83. The summed E-state index contributed by atoms with van der Waals surface area (Å²) in [6, 6.07) is 9.28. The van der Waals surface area contributed by atoms with E-state index in [2.05, 4.69) is 24.7 Å². The molecule has 3 heterocycles. The van der Waals surface area contributed by atoms with Gasteiger partial charge in [-0.3, -0.25) is 9.48 Å². The van der Waals surface area contributed by atoms with E-state index in [0.717, 1.165) is 22.4 Å². The van der Waals surface area contributed by atoms with Gasteiger partial charge in [0.25, 0.3) is 0 Å². The molecule has 1 aromatic carbocycles. The van der Waals surface area contributed by atoms with Gasteiger partial charge in [0.15, 0.2) is 5.69 Å². The third-order valence-corrected chi connectivity index (χ3v) is 7.10. The maximum atomic E-state index is 13.8. The van der Waals surface area contributed by atoms with E-state index >= 15 is 0 Å². The van der Waals surface area contributed by atoms with Crippen molar-refractivity contribution in [1.82, 2.24) is 14.7 Å². The van der Waals surface area contributed by atoms with Gasteiger partial charge in [-0.15, -0.1) is 11.3 Å². The molecular formula is C24H24F3N3OS. The molecule has 3 aromatic rings. The molecule has 0 bridgehead atoms. The van der Waals surface area contributed by atoms with Crippen molar-refractivity contribution in [2.75, 3.05) is 6.54 Å². The monoisotopic (exact) mass is 459 g/mol. The van der Waals surface area contributed by atoms with Crippen LogP contribution in [0.5, 0.6) is 0 Å². The Bertz CT molecular complexity index is 1160. The van der Waals surface area contributed by atoms with E-state index in [1.165, 1.54) is 21.8 Å². The molecule has 1 aliphatic rings. The van der Waals surface area contributed by atoms with Crippen molar-refractivity contribution in [3.8, 4) is 11.1 Å². The Balaban J connectivity index is 1.89. The van der Waals surface area contributed by atoms with Gasteiger partial charge in [-0.25, -0.2) is 0 Å². The molecule has 0 N–H and O–H groups in total. The fraction of sp³-hybridized carbons (Fsp3) is 0.333. The molecule has 168 valence electrons. The number of hydrogen-bond acceptors (Lipinski definition) is 3. The van der Waals surface area contributed by atoms with Crippen LogP contribution >= 0.6 is 11.3 Å². The Morgan fingerprint density at radius 2 is 2.00 bits per heavy atom. The lowest BCUT2D eigenvalue weighted by Crippen LogP contribution is -2.37. The molecule has 0 fully saturated rings. The first-order valence-corrected chi connectivity index (χ1v) is 11.3. The third kappa shape index (κ3) is 3.99. The number of carbonyl (C=O) groups excluding carboxylic acids is 1. The second-order valence-electron chi connectivity index (χ2n) is 7.75. The van der Waals surface area contributed by atoms with Gasteiger partial charge in [-0.05, 0) is 42.2 Å². The van der Waals surface area contributed by atoms with Gasteiger partial charge >= 0.3 is 6.18 Å². The zero-order valence-electron chi connectivity index (χ0n) is 17.9. The number of fused-ring (bicyclic) bond motifs is 1. The molecule has 4 rings (SSSR count). The highest BCUT2D eigenvalue weighted by atomic mass is 32.1. The predicted octanol–water partition coefficient (Wildman–Crippen LogP) is 5.87. The smallest absolute Gasteiger partial charge is 0.333 e. The van der Waals surface area contributed by atoms with Gasteiger partial charge in [-0.1, -0.05) is 37.8 Å². The van der Waals surface area contributed by atoms with Gasteiger partial charge in [0.2, 0.25) is 5.91 Å². The van der Waals surface area contributed by atoms with Crippen LogP contribution in [0.25, 0.3) is 11.1 Å². The second kappa shape index (κ2) is 8.58. The predicted molar refractivity (Wildman–Crippen MR) is 119 cm³/mol. The van der Waals surface area contributed by atoms with Gasteiger partial charge in [0.05, 0.1) is 6.54 Å². The number of halogens is 3. The van der Waals surface area contributed by atoms with Crippen molar-refractivity contribution in [3.63, 3.8) is 0 Å². The Hall–Kier alpha value is -2.87. The molecule has 0 aliphatic carbocycles. The number of benzene rings is 1. The van der Waals surface area contributed by atoms with Gasteiger partial charge in [-0.2, -0.15) is 18.3 Å². The molecule has 0 radical (unpaired) electrons. The average Bonchev–Trinajstić information content (AvgIpc) is 3.41. The van der Waals surface area contributed by atoms with E-state index in [1.807, 2.05) is 12.1 Å². The summed E-state index contributed by atoms with van der Waals surface area (Å²) < 4.78 is 42.8. The number of aromatic nitrogens is 2. The molecule has 0 saturated heterocycles. The average molecular weight is 460 g/mol. The van der Waals surface area contributed by atoms with Gasteiger partial charge < -0.3 is 4.90 Å². The van der Waals surface area contributed by atoms with Crippen molar-refractivity contribution in [3.05, 3.63) is 75.8 Å². The molecule has 2 aromatic heterocycles. The molecule has 32 heavy (non-hydrogen) atoms. The maximum absolute atomic E-state index is 13.8. The number of carbonyl (C=O) groups is 1. The van der Waals surface area contributed by atoms with Gasteiger partial charge in [0.1, 0.15) is 0 Å². The first-order chi connectivity index (χ1) is 15.3. The van der Waals surface area contributed by atoms with Crippen LogP contribution in [0, 0.1) is 0 Å². The van der Waals surface area contributed by atoms with E-state index in [4.69, 9.17) is 0 Å². The summed E-state index contributed by atoms with van der Waals surface area (Å²) in [6.45, 7) is 8.65. The Morgan fingerprint density at radius 1 is 1.25 bits per heavy atom. The van der Waals surface area contributed by atoms with Crippen LogP contribution in [-0.4, -0.2) is 27.1 Å². The van der Waals surface area contributed by atoms with Crippen LogP contribution in [0.15, 0.2) is 49.2 Å². The number of nitrogens with zero attached hydrogens (tertiary/aromatic N) is 3. The van der Waals surface area contributed by atoms with Crippen molar-refractivity contribution in [2.24, 2.45) is 0 Å². The highest BCUT2D eigenvalue weighted by molar-refractivity contribution is 7.12. The number of alkyl halides is 3. The molecule has 1 atom stereocenters. The summed E-state index contributed by atoms with van der Waals surface area (Å²) in [5.41, 5.74) is 1.52. The molecule has 1 aliphatic heterocycles. The van der Waals surface area contributed by atoms with E-state index in [-0.39, 0.29) is 17.4 Å². The highest BCUT2D eigenvalue weighted by Crippen LogP contribution is 2.44. The minimum atomic E-state index is -4.57. The molecule has 0 spiro atoms. The first-order valence-electron chi connectivity index (χ1n) is 10.5. The SMILES string of the molecule is C=CC(=O)N1Cc2sc(CC)cc2C(c2ccccc2-c2cn(CC)nc2C(F)(F)F)C1.